The number of alkyl halides is 3. The van der Waals surface area contributed by atoms with Gasteiger partial charge in [0.05, 0.1) is 18.2 Å². The summed E-state index contributed by atoms with van der Waals surface area (Å²) in [7, 11) is 2.40. The van der Waals surface area contributed by atoms with E-state index < -0.39 is 29.2 Å². The van der Waals surface area contributed by atoms with Crippen LogP contribution in [0.4, 0.5) is 18.0 Å². The number of hydrogen-bond donors (Lipinski definition) is 0. The number of amides is 3. The zero-order valence-electron chi connectivity index (χ0n) is 11.9. The van der Waals surface area contributed by atoms with Crippen LogP contribution in [0.3, 0.4) is 0 Å². The first kappa shape index (κ1) is 17.6. The number of carbonyl (C=O) groups excluding carboxylic acids is 2. The van der Waals surface area contributed by atoms with Crippen LogP contribution in [-0.2, 0) is 11.0 Å². The van der Waals surface area contributed by atoms with Crippen LogP contribution in [0.15, 0.2) is 31.1 Å². The number of halogens is 3. The van der Waals surface area contributed by atoms with Crippen molar-refractivity contribution in [1.82, 2.24) is 14.9 Å². The van der Waals surface area contributed by atoms with Crippen LogP contribution in [0.1, 0.15) is 15.9 Å². The van der Waals surface area contributed by atoms with Crippen molar-refractivity contribution >= 4 is 11.9 Å². The molecule has 0 unspecified atom stereocenters. The zero-order chi connectivity index (χ0) is 16.9. The smallest absolute Gasteiger partial charge is 0.273 e. The Bertz CT molecular complexity index is 575. The van der Waals surface area contributed by atoms with Gasteiger partial charge in [0.1, 0.15) is 0 Å². The fourth-order valence-electron chi connectivity index (χ4n) is 1.58. The van der Waals surface area contributed by atoms with Crippen molar-refractivity contribution in [3.05, 3.63) is 42.2 Å². The Labute approximate surface area is 124 Å². The molecule has 0 atom stereocenters. The van der Waals surface area contributed by atoms with E-state index in [0.717, 1.165) is 12.4 Å². The van der Waals surface area contributed by atoms with E-state index in [4.69, 9.17) is 0 Å². The van der Waals surface area contributed by atoms with Gasteiger partial charge in [-0.1, -0.05) is 6.08 Å². The summed E-state index contributed by atoms with van der Waals surface area (Å²) in [6, 6.07) is -0.256. The van der Waals surface area contributed by atoms with Crippen molar-refractivity contribution in [3.63, 3.8) is 0 Å². The molecule has 6 nitrogen and oxygen atoms in total. The summed E-state index contributed by atoms with van der Waals surface area (Å²) < 4.78 is 38.8. The molecular formula is C13H14F3N3O3. The van der Waals surface area contributed by atoms with Crippen molar-refractivity contribution < 1.29 is 27.6 Å². The normalized spacial score (nSPS) is 11.0. The molecule has 0 aromatic carbocycles. The van der Waals surface area contributed by atoms with E-state index in [1.165, 1.54) is 20.2 Å². The van der Waals surface area contributed by atoms with Crippen molar-refractivity contribution in [2.45, 2.75) is 6.18 Å². The molecule has 1 aromatic rings. The molecule has 0 saturated carbocycles. The van der Waals surface area contributed by atoms with Gasteiger partial charge in [-0.25, -0.2) is 9.86 Å². The fraction of sp³-hybridized carbons (Fsp3) is 0.308. The minimum atomic E-state index is -4.75. The Morgan fingerprint density at radius 3 is 2.59 bits per heavy atom. The molecule has 0 N–H and O–H groups in total. The van der Waals surface area contributed by atoms with Gasteiger partial charge in [-0.2, -0.15) is 13.2 Å². The van der Waals surface area contributed by atoms with Gasteiger partial charge in [0, 0.05) is 26.0 Å². The molecule has 0 aliphatic heterocycles. The van der Waals surface area contributed by atoms with E-state index in [1.807, 2.05) is 0 Å². The molecule has 22 heavy (non-hydrogen) atoms. The molecule has 1 rings (SSSR count). The number of aromatic nitrogens is 1. The van der Waals surface area contributed by atoms with E-state index in [2.05, 4.69) is 16.4 Å². The number of pyridine rings is 1. The second-order valence-electron chi connectivity index (χ2n) is 4.09. The first-order valence-electron chi connectivity index (χ1n) is 5.99. The molecule has 0 aliphatic carbocycles. The van der Waals surface area contributed by atoms with Gasteiger partial charge >= 0.3 is 12.2 Å². The number of hydrogen-bond acceptors (Lipinski definition) is 4. The van der Waals surface area contributed by atoms with Gasteiger partial charge in [-0.05, 0) is 6.07 Å². The minimum Gasteiger partial charge on any atom is -0.273 e. The molecule has 1 heterocycles. The maximum atomic E-state index is 12.9. The molecule has 0 aliphatic rings. The third-order valence-electron chi connectivity index (χ3n) is 2.69. The second-order valence-corrected chi connectivity index (χ2v) is 4.09. The summed E-state index contributed by atoms with van der Waals surface area (Å²) >= 11 is 0. The molecule has 9 heteroatoms. The summed E-state index contributed by atoms with van der Waals surface area (Å²) in [6.07, 6.45) is -1.85. The number of rotatable bonds is 4. The summed E-state index contributed by atoms with van der Waals surface area (Å²) in [6.45, 7) is 3.09. The van der Waals surface area contributed by atoms with Crippen molar-refractivity contribution in [3.8, 4) is 0 Å². The first-order chi connectivity index (χ1) is 10.2. The maximum Gasteiger partial charge on any atom is 0.417 e. The lowest BCUT2D eigenvalue weighted by atomic mass is 10.1. The van der Waals surface area contributed by atoms with Crippen molar-refractivity contribution in [2.75, 3.05) is 20.7 Å². The lowest BCUT2D eigenvalue weighted by molar-refractivity contribution is -0.138. The topological polar surface area (TPSA) is 62.7 Å². The highest BCUT2D eigenvalue weighted by atomic mass is 19.4. The van der Waals surface area contributed by atoms with Crippen LogP contribution in [0.2, 0.25) is 0 Å². The Morgan fingerprint density at radius 1 is 1.45 bits per heavy atom. The summed E-state index contributed by atoms with van der Waals surface area (Å²) in [4.78, 5) is 33.0. The number of hydroxylamine groups is 2. The SMILES string of the molecule is C=CCN(C(=O)c1cnccc1C(F)(F)F)C(=O)N(C)OC. The van der Waals surface area contributed by atoms with E-state index >= 15 is 0 Å². The highest BCUT2D eigenvalue weighted by molar-refractivity contribution is 6.04. The fourth-order valence-corrected chi connectivity index (χ4v) is 1.58. The Hall–Kier alpha value is -2.42. The Kier molecular flexibility index (Phi) is 5.63. The monoisotopic (exact) mass is 317 g/mol. The molecule has 0 saturated heterocycles. The summed E-state index contributed by atoms with van der Waals surface area (Å²) in [5.74, 6) is -1.14. The predicted molar refractivity (Wildman–Crippen MR) is 70.6 cm³/mol. The largest absolute Gasteiger partial charge is 0.417 e. The van der Waals surface area contributed by atoms with Crippen LogP contribution in [0.5, 0.6) is 0 Å². The summed E-state index contributed by atoms with van der Waals surface area (Å²) in [5.41, 5.74) is -1.90. The second kappa shape index (κ2) is 7.03. The highest BCUT2D eigenvalue weighted by Gasteiger charge is 2.37. The van der Waals surface area contributed by atoms with Crippen LogP contribution in [0, 0.1) is 0 Å². The molecule has 120 valence electrons. The highest BCUT2D eigenvalue weighted by Crippen LogP contribution is 2.32. The number of carbonyl (C=O) groups is 2. The van der Waals surface area contributed by atoms with Crippen molar-refractivity contribution in [1.29, 1.82) is 0 Å². The molecule has 3 amide bonds. The van der Waals surface area contributed by atoms with Gasteiger partial charge < -0.3 is 0 Å². The van der Waals surface area contributed by atoms with E-state index in [-0.39, 0.29) is 6.54 Å². The average molecular weight is 317 g/mol. The Morgan fingerprint density at radius 2 is 2.09 bits per heavy atom. The molecule has 1 aromatic heterocycles. The molecule has 0 spiro atoms. The minimum absolute atomic E-state index is 0.280. The maximum absolute atomic E-state index is 12.9. The number of urea groups is 1. The van der Waals surface area contributed by atoms with Gasteiger partial charge in [0.25, 0.3) is 5.91 Å². The number of imide groups is 1. The molecular weight excluding hydrogens is 303 g/mol. The Balaban J connectivity index is 3.27. The van der Waals surface area contributed by atoms with Gasteiger partial charge in [-0.3, -0.25) is 19.5 Å². The van der Waals surface area contributed by atoms with Crippen LogP contribution < -0.4 is 0 Å². The van der Waals surface area contributed by atoms with Gasteiger partial charge in [0.2, 0.25) is 0 Å². The zero-order valence-corrected chi connectivity index (χ0v) is 11.9. The van der Waals surface area contributed by atoms with Crippen LogP contribution >= 0.6 is 0 Å². The quantitative estimate of drug-likeness (QED) is 0.632. The lowest BCUT2D eigenvalue weighted by Gasteiger charge is -2.25. The predicted octanol–water partition coefficient (Wildman–Crippen LogP) is 2.34. The van der Waals surface area contributed by atoms with E-state index in [0.29, 0.717) is 16.0 Å². The molecule has 0 radical (unpaired) electrons. The third kappa shape index (κ3) is 3.82. The van der Waals surface area contributed by atoms with Crippen LogP contribution in [-0.4, -0.2) is 47.6 Å². The first-order valence-corrected chi connectivity index (χ1v) is 5.99. The lowest BCUT2D eigenvalue weighted by Crippen LogP contribution is -2.44. The standard InChI is InChI=1S/C13H14F3N3O3/c1-4-7-19(12(21)18(2)22-3)11(20)9-8-17-6-5-10(9)13(14,15)16/h4-6,8H,1,7H2,2-3H3. The summed E-state index contributed by atoms with van der Waals surface area (Å²) in [5, 5.41) is 0.713. The number of nitrogens with zero attached hydrogens (tertiary/aromatic N) is 3. The third-order valence-corrected chi connectivity index (χ3v) is 2.69. The van der Waals surface area contributed by atoms with E-state index in [1.54, 1.807) is 0 Å². The van der Waals surface area contributed by atoms with Gasteiger partial charge in [0.15, 0.2) is 0 Å². The van der Waals surface area contributed by atoms with Crippen molar-refractivity contribution in [2.24, 2.45) is 0 Å². The van der Waals surface area contributed by atoms with E-state index in [9.17, 15) is 22.8 Å². The molecule has 0 bridgehead atoms. The average Bonchev–Trinajstić information content (AvgIpc) is 2.49. The van der Waals surface area contributed by atoms with Crippen LogP contribution in [0.25, 0.3) is 0 Å². The molecule has 0 fully saturated rings. The van der Waals surface area contributed by atoms with Gasteiger partial charge in [-0.15, -0.1) is 6.58 Å².